The second-order valence-electron chi connectivity index (χ2n) is 3.39. The summed E-state index contributed by atoms with van der Waals surface area (Å²) in [6.45, 7) is 2.03. The Morgan fingerprint density at radius 1 is 1.00 bits per heavy atom. The maximum atomic E-state index is 5.77. The molecule has 0 aliphatic heterocycles. The lowest BCUT2D eigenvalue weighted by atomic mass is 10.1. The lowest BCUT2D eigenvalue weighted by Gasteiger charge is -2.14. The van der Waals surface area contributed by atoms with E-state index in [2.05, 4.69) is 6.07 Å². The van der Waals surface area contributed by atoms with Crippen molar-refractivity contribution in [3.8, 4) is 5.75 Å². The Balaban J connectivity index is 2.08. The van der Waals surface area contributed by atoms with Gasteiger partial charge in [0, 0.05) is 0 Å². The van der Waals surface area contributed by atoms with Crippen molar-refractivity contribution in [2.24, 2.45) is 0 Å². The van der Waals surface area contributed by atoms with Crippen LogP contribution in [0.1, 0.15) is 18.6 Å². The average molecular weight is 197 g/mol. The Bertz CT molecular complexity index is 394. The van der Waals surface area contributed by atoms with Crippen LogP contribution >= 0.6 is 0 Å². The number of hydrogen-bond donors (Lipinski definition) is 0. The molecule has 0 N–H and O–H groups in total. The van der Waals surface area contributed by atoms with Crippen molar-refractivity contribution in [1.82, 2.24) is 0 Å². The first-order chi connectivity index (χ1) is 7.36. The summed E-state index contributed by atoms with van der Waals surface area (Å²) >= 11 is 0. The van der Waals surface area contributed by atoms with Crippen LogP contribution in [0.5, 0.6) is 5.75 Å². The Labute approximate surface area is 90.3 Å². The highest BCUT2D eigenvalue weighted by atomic mass is 16.5. The first-order valence-electron chi connectivity index (χ1n) is 5.04. The number of hydrogen-bond acceptors (Lipinski definition) is 1. The topological polar surface area (TPSA) is 9.23 Å². The van der Waals surface area contributed by atoms with Gasteiger partial charge >= 0.3 is 0 Å². The molecule has 1 unspecified atom stereocenters. The summed E-state index contributed by atoms with van der Waals surface area (Å²) in [6, 6.07) is 20.9. The van der Waals surface area contributed by atoms with Gasteiger partial charge in [0.2, 0.25) is 0 Å². The van der Waals surface area contributed by atoms with E-state index in [1.165, 1.54) is 0 Å². The molecule has 2 aromatic carbocycles. The molecule has 75 valence electrons. The second-order valence-corrected chi connectivity index (χ2v) is 3.39. The van der Waals surface area contributed by atoms with Crippen LogP contribution in [-0.2, 0) is 0 Å². The molecule has 0 saturated heterocycles. The maximum Gasteiger partial charge on any atom is 0.122 e. The van der Waals surface area contributed by atoms with E-state index in [0.29, 0.717) is 0 Å². The molecule has 2 aromatic rings. The highest BCUT2D eigenvalue weighted by Gasteiger charge is 2.05. The lowest BCUT2D eigenvalue weighted by Crippen LogP contribution is -2.02. The molecule has 1 radical (unpaired) electrons. The van der Waals surface area contributed by atoms with Gasteiger partial charge < -0.3 is 4.74 Å². The fourth-order valence-corrected chi connectivity index (χ4v) is 1.43. The summed E-state index contributed by atoms with van der Waals surface area (Å²) in [4.78, 5) is 0. The summed E-state index contributed by atoms with van der Waals surface area (Å²) in [7, 11) is 0. The Kier molecular flexibility index (Phi) is 3.03. The SMILES string of the molecule is CC(Oc1ccccc1)c1[c]cccc1. The van der Waals surface area contributed by atoms with Crippen LogP contribution in [0.15, 0.2) is 54.6 Å². The van der Waals surface area contributed by atoms with E-state index in [0.717, 1.165) is 11.3 Å². The van der Waals surface area contributed by atoms with Gasteiger partial charge in [-0.15, -0.1) is 0 Å². The highest BCUT2D eigenvalue weighted by molar-refractivity contribution is 5.23. The monoisotopic (exact) mass is 197 g/mol. The fraction of sp³-hybridized carbons (Fsp3) is 0.143. The summed E-state index contributed by atoms with van der Waals surface area (Å²) in [5, 5.41) is 0. The summed E-state index contributed by atoms with van der Waals surface area (Å²) in [5.41, 5.74) is 1.07. The predicted octanol–water partition coefficient (Wildman–Crippen LogP) is 3.63. The van der Waals surface area contributed by atoms with E-state index in [4.69, 9.17) is 4.74 Å². The van der Waals surface area contributed by atoms with Crippen molar-refractivity contribution in [3.05, 3.63) is 66.2 Å². The van der Waals surface area contributed by atoms with E-state index < -0.39 is 0 Å². The minimum Gasteiger partial charge on any atom is -0.486 e. The standard InChI is InChI=1S/C14H13O/c1-12(13-8-4-2-5-9-13)15-14-10-6-3-7-11-14/h2-8,10-12H,1H3. The van der Waals surface area contributed by atoms with E-state index in [-0.39, 0.29) is 6.10 Å². The van der Waals surface area contributed by atoms with Crippen LogP contribution < -0.4 is 4.74 Å². The number of ether oxygens (including phenoxy) is 1. The molecule has 0 bridgehead atoms. The van der Waals surface area contributed by atoms with Crippen LogP contribution in [0.3, 0.4) is 0 Å². The van der Waals surface area contributed by atoms with Gasteiger partial charge in [0.05, 0.1) is 0 Å². The van der Waals surface area contributed by atoms with Gasteiger partial charge in [-0.3, -0.25) is 0 Å². The van der Waals surface area contributed by atoms with Crippen molar-refractivity contribution < 1.29 is 4.74 Å². The molecular weight excluding hydrogens is 184 g/mol. The van der Waals surface area contributed by atoms with E-state index in [9.17, 15) is 0 Å². The van der Waals surface area contributed by atoms with E-state index in [1.54, 1.807) is 0 Å². The molecule has 0 amide bonds. The third kappa shape index (κ3) is 2.59. The Morgan fingerprint density at radius 3 is 2.40 bits per heavy atom. The third-order valence-corrected chi connectivity index (χ3v) is 2.23. The predicted molar refractivity (Wildman–Crippen MR) is 60.8 cm³/mol. The average Bonchev–Trinajstić information content (AvgIpc) is 2.31. The van der Waals surface area contributed by atoms with Crippen LogP contribution in [0.4, 0.5) is 0 Å². The largest absolute Gasteiger partial charge is 0.486 e. The molecule has 0 aliphatic carbocycles. The van der Waals surface area contributed by atoms with Crippen molar-refractivity contribution in [2.75, 3.05) is 0 Å². The molecule has 1 atom stereocenters. The molecule has 0 spiro atoms. The van der Waals surface area contributed by atoms with Gasteiger partial charge in [-0.25, -0.2) is 0 Å². The maximum absolute atomic E-state index is 5.77. The van der Waals surface area contributed by atoms with Gasteiger partial charge in [0.25, 0.3) is 0 Å². The zero-order valence-corrected chi connectivity index (χ0v) is 8.68. The number of rotatable bonds is 3. The number of para-hydroxylation sites is 1. The van der Waals surface area contributed by atoms with Crippen molar-refractivity contribution in [3.63, 3.8) is 0 Å². The minimum atomic E-state index is 0.0357. The van der Waals surface area contributed by atoms with Crippen molar-refractivity contribution >= 4 is 0 Å². The molecule has 1 heteroatoms. The van der Waals surface area contributed by atoms with Gasteiger partial charge in [0.1, 0.15) is 11.9 Å². The molecule has 0 heterocycles. The van der Waals surface area contributed by atoms with Crippen molar-refractivity contribution in [2.45, 2.75) is 13.0 Å². The van der Waals surface area contributed by atoms with E-state index >= 15 is 0 Å². The summed E-state index contributed by atoms with van der Waals surface area (Å²) in [5.74, 6) is 0.891. The third-order valence-electron chi connectivity index (χ3n) is 2.23. The summed E-state index contributed by atoms with van der Waals surface area (Å²) in [6.07, 6.45) is 0.0357. The molecule has 0 fully saturated rings. The van der Waals surface area contributed by atoms with Crippen molar-refractivity contribution in [1.29, 1.82) is 0 Å². The highest BCUT2D eigenvalue weighted by Crippen LogP contribution is 2.20. The molecule has 0 saturated carbocycles. The normalized spacial score (nSPS) is 12.1. The number of benzene rings is 2. The van der Waals surface area contributed by atoms with Crippen LogP contribution in [0.2, 0.25) is 0 Å². The summed E-state index contributed by atoms with van der Waals surface area (Å²) < 4.78 is 5.77. The smallest absolute Gasteiger partial charge is 0.122 e. The Morgan fingerprint density at radius 2 is 1.73 bits per heavy atom. The minimum absolute atomic E-state index is 0.0357. The fourth-order valence-electron chi connectivity index (χ4n) is 1.43. The van der Waals surface area contributed by atoms with Crippen LogP contribution in [-0.4, -0.2) is 0 Å². The zero-order chi connectivity index (χ0) is 10.5. The van der Waals surface area contributed by atoms with Gasteiger partial charge in [0.15, 0.2) is 0 Å². The van der Waals surface area contributed by atoms with Gasteiger partial charge in [-0.05, 0) is 30.7 Å². The Hall–Kier alpha value is -1.76. The van der Waals surface area contributed by atoms with Gasteiger partial charge in [-0.2, -0.15) is 0 Å². The molecule has 15 heavy (non-hydrogen) atoms. The molecule has 0 aliphatic rings. The van der Waals surface area contributed by atoms with Crippen LogP contribution in [0.25, 0.3) is 0 Å². The first kappa shape index (κ1) is 9.78. The quantitative estimate of drug-likeness (QED) is 0.730. The molecular formula is C14H13O. The molecule has 2 rings (SSSR count). The zero-order valence-electron chi connectivity index (χ0n) is 8.68. The second kappa shape index (κ2) is 4.65. The molecule has 1 nitrogen and oxygen atoms in total. The molecule has 0 aromatic heterocycles. The lowest BCUT2D eigenvalue weighted by molar-refractivity contribution is 0.226. The van der Waals surface area contributed by atoms with Gasteiger partial charge in [-0.1, -0.05) is 42.5 Å². The van der Waals surface area contributed by atoms with E-state index in [1.807, 2.05) is 61.5 Å². The first-order valence-corrected chi connectivity index (χ1v) is 5.04. The van der Waals surface area contributed by atoms with Crippen LogP contribution in [0, 0.1) is 6.07 Å².